The van der Waals surface area contributed by atoms with Gasteiger partial charge in [-0.3, -0.25) is 4.79 Å². The van der Waals surface area contributed by atoms with Gasteiger partial charge in [-0.25, -0.2) is 8.42 Å². The minimum absolute atomic E-state index is 0.0684. The number of rotatable bonds is 4. The van der Waals surface area contributed by atoms with Crippen LogP contribution in [0.4, 0.5) is 5.69 Å². The average molecular weight is 458 g/mol. The van der Waals surface area contributed by atoms with E-state index in [9.17, 15) is 13.2 Å². The fourth-order valence-corrected chi connectivity index (χ4v) is 5.89. The molecule has 1 amide bonds. The van der Waals surface area contributed by atoms with Gasteiger partial charge >= 0.3 is 0 Å². The summed E-state index contributed by atoms with van der Waals surface area (Å²) in [5.41, 5.74) is 1.10. The molecule has 0 aromatic heterocycles. The van der Waals surface area contributed by atoms with Crippen LogP contribution >= 0.6 is 0 Å². The van der Waals surface area contributed by atoms with Crippen LogP contribution in [0.3, 0.4) is 0 Å². The SMILES string of the molecule is O=C(C1COc2cc(S(=O)(=O)N3CCN(c4ccccc4)CC3)ccc2O1)N1CCCC1. The Morgan fingerprint density at radius 1 is 0.875 bits per heavy atom. The molecular weight excluding hydrogens is 430 g/mol. The summed E-state index contributed by atoms with van der Waals surface area (Å²) in [6.45, 7) is 3.68. The first-order chi connectivity index (χ1) is 15.5. The van der Waals surface area contributed by atoms with Gasteiger partial charge in [0.05, 0.1) is 4.90 Å². The third-order valence-corrected chi connectivity index (χ3v) is 8.16. The van der Waals surface area contributed by atoms with Crippen molar-refractivity contribution in [3.8, 4) is 11.5 Å². The Kier molecular flexibility index (Phi) is 5.69. The van der Waals surface area contributed by atoms with E-state index >= 15 is 0 Å². The van der Waals surface area contributed by atoms with Gasteiger partial charge in [0.2, 0.25) is 16.1 Å². The maximum atomic E-state index is 13.2. The van der Waals surface area contributed by atoms with E-state index in [1.165, 1.54) is 16.4 Å². The molecule has 32 heavy (non-hydrogen) atoms. The highest BCUT2D eigenvalue weighted by Gasteiger charge is 2.34. The molecule has 1 unspecified atom stereocenters. The quantitative estimate of drug-likeness (QED) is 0.699. The number of anilines is 1. The van der Waals surface area contributed by atoms with E-state index in [-0.39, 0.29) is 17.4 Å². The highest BCUT2D eigenvalue weighted by Crippen LogP contribution is 2.35. The van der Waals surface area contributed by atoms with Crippen LogP contribution < -0.4 is 14.4 Å². The number of amides is 1. The number of sulfonamides is 1. The minimum atomic E-state index is -3.65. The first-order valence-corrected chi connectivity index (χ1v) is 12.5. The van der Waals surface area contributed by atoms with Crippen LogP contribution in [0.15, 0.2) is 53.4 Å². The third-order valence-electron chi connectivity index (χ3n) is 6.27. The number of carbonyl (C=O) groups is 1. The smallest absolute Gasteiger partial charge is 0.267 e. The maximum Gasteiger partial charge on any atom is 0.267 e. The topological polar surface area (TPSA) is 79.4 Å². The molecule has 8 nitrogen and oxygen atoms in total. The lowest BCUT2D eigenvalue weighted by Gasteiger charge is -2.35. The van der Waals surface area contributed by atoms with Gasteiger partial charge in [-0.05, 0) is 37.1 Å². The van der Waals surface area contributed by atoms with Gasteiger partial charge in [0.25, 0.3) is 5.91 Å². The lowest BCUT2D eigenvalue weighted by molar-refractivity contribution is -0.140. The third kappa shape index (κ3) is 4.02. The molecule has 5 rings (SSSR count). The van der Waals surface area contributed by atoms with Gasteiger partial charge in [-0.1, -0.05) is 18.2 Å². The Morgan fingerprint density at radius 2 is 1.59 bits per heavy atom. The number of likely N-dealkylation sites (tertiary alicyclic amines) is 1. The van der Waals surface area contributed by atoms with E-state index in [2.05, 4.69) is 4.90 Å². The molecule has 2 saturated heterocycles. The summed E-state index contributed by atoms with van der Waals surface area (Å²) in [4.78, 5) is 16.8. The fraction of sp³-hybridized carbons (Fsp3) is 0.435. The largest absolute Gasteiger partial charge is 0.485 e. The van der Waals surface area contributed by atoms with Crippen LogP contribution in [0, 0.1) is 0 Å². The van der Waals surface area contributed by atoms with E-state index in [4.69, 9.17) is 9.47 Å². The summed E-state index contributed by atoms with van der Waals surface area (Å²) in [7, 11) is -3.65. The normalized spacial score (nSPS) is 21.6. The van der Waals surface area contributed by atoms with Gasteiger partial charge in [0, 0.05) is 51.0 Å². The number of ether oxygens (including phenoxy) is 2. The van der Waals surface area contributed by atoms with Crippen LogP contribution in [0.25, 0.3) is 0 Å². The zero-order valence-electron chi connectivity index (χ0n) is 17.9. The second-order valence-electron chi connectivity index (χ2n) is 8.29. The molecule has 0 aliphatic carbocycles. The molecule has 2 aromatic carbocycles. The Bertz CT molecular complexity index is 1080. The van der Waals surface area contributed by atoms with Crippen molar-refractivity contribution in [2.45, 2.75) is 23.8 Å². The second-order valence-corrected chi connectivity index (χ2v) is 10.2. The molecule has 2 fully saturated rings. The van der Waals surface area contributed by atoms with Crippen molar-refractivity contribution in [3.63, 3.8) is 0 Å². The van der Waals surface area contributed by atoms with E-state index in [0.717, 1.165) is 31.6 Å². The molecule has 0 radical (unpaired) electrons. The van der Waals surface area contributed by atoms with Gasteiger partial charge in [0.1, 0.15) is 6.61 Å². The molecule has 0 saturated carbocycles. The summed E-state index contributed by atoms with van der Waals surface area (Å²) in [5, 5.41) is 0. The number of hydrogen-bond donors (Lipinski definition) is 0. The van der Waals surface area contributed by atoms with Crippen LogP contribution in [-0.2, 0) is 14.8 Å². The number of piperazine rings is 1. The van der Waals surface area contributed by atoms with Crippen molar-refractivity contribution in [2.75, 3.05) is 50.8 Å². The zero-order chi connectivity index (χ0) is 22.1. The molecule has 1 atom stereocenters. The van der Waals surface area contributed by atoms with Crippen LogP contribution in [-0.4, -0.2) is 75.5 Å². The Balaban J connectivity index is 1.26. The van der Waals surface area contributed by atoms with Gasteiger partial charge in [0.15, 0.2) is 11.5 Å². The summed E-state index contributed by atoms with van der Waals surface area (Å²) in [6, 6.07) is 14.6. The lowest BCUT2D eigenvalue weighted by atomic mass is 10.2. The van der Waals surface area contributed by atoms with Crippen molar-refractivity contribution in [1.29, 1.82) is 0 Å². The first-order valence-electron chi connectivity index (χ1n) is 11.0. The maximum absolute atomic E-state index is 13.2. The van der Waals surface area contributed by atoms with Gasteiger partial charge in [-0.15, -0.1) is 0 Å². The first kappa shape index (κ1) is 21.1. The fourth-order valence-electron chi connectivity index (χ4n) is 4.45. The van der Waals surface area contributed by atoms with E-state index in [0.29, 0.717) is 37.7 Å². The predicted molar refractivity (Wildman–Crippen MR) is 120 cm³/mol. The number of fused-ring (bicyclic) bond motifs is 1. The van der Waals surface area contributed by atoms with Crippen molar-refractivity contribution >= 4 is 21.6 Å². The molecular formula is C23H27N3O5S. The predicted octanol–water partition coefficient (Wildman–Crippen LogP) is 1.96. The molecule has 9 heteroatoms. The monoisotopic (exact) mass is 457 g/mol. The second kappa shape index (κ2) is 8.63. The molecule has 170 valence electrons. The van der Waals surface area contributed by atoms with Crippen LogP contribution in [0.5, 0.6) is 11.5 Å². The zero-order valence-corrected chi connectivity index (χ0v) is 18.7. The van der Waals surface area contributed by atoms with Crippen molar-refractivity contribution < 1.29 is 22.7 Å². The summed E-state index contributed by atoms with van der Waals surface area (Å²) in [5.74, 6) is 0.697. The summed E-state index contributed by atoms with van der Waals surface area (Å²) in [6.07, 6.45) is 1.34. The van der Waals surface area contributed by atoms with E-state index in [1.54, 1.807) is 11.0 Å². The Labute approximate surface area is 188 Å². The number of carbonyl (C=O) groups excluding carboxylic acids is 1. The standard InChI is InChI=1S/C23H27N3O5S/c27-23(25-10-4-5-11-25)22-17-30-21-16-19(8-9-20(21)31-22)32(28,29)26-14-12-24(13-15-26)18-6-2-1-3-7-18/h1-3,6-9,16,22H,4-5,10-15,17H2. The summed E-state index contributed by atoms with van der Waals surface area (Å²) < 4.78 is 39.5. The Morgan fingerprint density at radius 3 is 2.31 bits per heavy atom. The Hall–Kier alpha value is -2.78. The molecule has 3 aliphatic heterocycles. The average Bonchev–Trinajstić information content (AvgIpc) is 3.38. The molecule has 0 spiro atoms. The van der Waals surface area contributed by atoms with Gasteiger partial charge in [-0.2, -0.15) is 4.31 Å². The molecule has 3 heterocycles. The summed E-state index contributed by atoms with van der Waals surface area (Å²) >= 11 is 0. The molecule has 3 aliphatic rings. The highest BCUT2D eigenvalue weighted by atomic mass is 32.2. The minimum Gasteiger partial charge on any atom is -0.485 e. The van der Waals surface area contributed by atoms with Crippen molar-refractivity contribution in [2.24, 2.45) is 0 Å². The lowest BCUT2D eigenvalue weighted by Crippen LogP contribution is -2.48. The number of benzene rings is 2. The van der Waals surface area contributed by atoms with E-state index < -0.39 is 16.1 Å². The van der Waals surface area contributed by atoms with Gasteiger partial charge < -0.3 is 19.3 Å². The van der Waals surface area contributed by atoms with Crippen molar-refractivity contribution in [3.05, 3.63) is 48.5 Å². The number of nitrogens with zero attached hydrogens (tertiary/aromatic N) is 3. The number of hydrogen-bond acceptors (Lipinski definition) is 6. The van der Waals surface area contributed by atoms with E-state index in [1.807, 2.05) is 30.3 Å². The molecule has 2 aromatic rings. The van der Waals surface area contributed by atoms with Crippen molar-refractivity contribution in [1.82, 2.24) is 9.21 Å². The van der Waals surface area contributed by atoms with Crippen LogP contribution in [0.2, 0.25) is 0 Å². The molecule has 0 N–H and O–H groups in total. The molecule has 0 bridgehead atoms. The number of para-hydroxylation sites is 1. The van der Waals surface area contributed by atoms with Crippen LogP contribution in [0.1, 0.15) is 12.8 Å². The highest BCUT2D eigenvalue weighted by molar-refractivity contribution is 7.89.